The van der Waals surface area contributed by atoms with Gasteiger partial charge in [-0.05, 0) is 18.6 Å². The summed E-state index contributed by atoms with van der Waals surface area (Å²) < 4.78 is 4.73. The summed E-state index contributed by atoms with van der Waals surface area (Å²) in [6.07, 6.45) is 0. The zero-order valence-corrected chi connectivity index (χ0v) is 12.2. The second-order valence-electron chi connectivity index (χ2n) is 4.81. The average Bonchev–Trinajstić information content (AvgIpc) is 2.50. The van der Waals surface area contributed by atoms with Gasteiger partial charge in [-0.2, -0.15) is 0 Å². The Morgan fingerprint density at radius 2 is 1.76 bits per heavy atom. The Hall–Kier alpha value is -2.37. The number of carbonyl (C=O) groups excluding carboxylic acids is 3. The van der Waals surface area contributed by atoms with Crippen molar-refractivity contribution >= 4 is 17.8 Å². The third kappa shape index (κ3) is 3.21. The minimum atomic E-state index is -0.448. The Bertz CT molecular complexity index is 571. The van der Waals surface area contributed by atoms with Gasteiger partial charge < -0.3 is 14.5 Å². The number of amides is 2. The highest BCUT2D eigenvalue weighted by Crippen LogP contribution is 2.15. The molecule has 0 N–H and O–H groups in total. The van der Waals surface area contributed by atoms with Crippen molar-refractivity contribution in [1.82, 2.24) is 9.80 Å². The lowest BCUT2D eigenvalue weighted by Crippen LogP contribution is -2.53. The molecule has 2 rings (SSSR count). The molecule has 0 spiro atoms. The summed E-state index contributed by atoms with van der Waals surface area (Å²) in [5.41, 5.74) is 1.09. The van der Waals surface area contributed by atoms with E-state index in [0.29, 0.717) is 17.7 Å². The largest absolute Gasteiger partial charge is 0.465 e. The van der Waals surface area contributed by atoms with Gasteiger partial charge in [0.25, 0.3) is 0 Å². The number of nitrogens with zero attached hydrogens (tertiary/aromatic N) is 2. The number of esters is 1. The summed E-state index contributed by atoms with van der Waals surface area (Å²) in [5.74, 6) is -0.639. The Kier molecular flexibility index (Phi) is 4.57. The maximum Gasteiger partial charge on any atom is 0.338 e. The van der Waals surface area contributed by atoms with E-state index in [1.54, 1.807) is 24.3 Å². The zero-order chi connectivity index (χ0) is 15.4. The summed E-state index contributed by atoms with van der Waals surface area (Å²) in [7, 11) is 1.31. The summed E-state index contributed by atoms with van der Waals surface area (Å²) in [6.45, 7) is 2.73. The average molecular weight is 290 g/mol. The first-order chi connectivity index (χ1) is 10.1. The van der Waals surface area contributed by atoms with Gasteiger partial charge in [0.15, 0.2) is 0 Å². The van der Waals surface area contributed by atoms with Crippen LogP contribution in [0.2, 0.25) is 0 Å². The normalized spacial score (nSPS) is 15.3. The molecule has 1 aromatic carbocycles. The summed E-state index contributed by atoms with van der Waals surface area (Å²) in [6, 6.07) is 6.93. The van der Waals surface area contributed by atoms with Crippen LogP contribution in [0.5, 0.6) is 0 Å². The first-order valence-corrected chi connectivity index (χ1v) is 6.78. The fourth-order valence-electron chi connectivity index (χ4n) is 2.31. The van der Waals surface area contributed by atoms with Crippen LogP contribution in [0.1, 0.15) is 22.8 Å². The van der Waals surface area contributed by atoms with E-state index in [4.69, 9.17) is 4.74 Å². The van der Waals surface area contributed by atoms with Gasteiger partial charge in [-0.1, -0.05) is 18.2 Å². The van der Waals surface area contributed by atoms with Crippen molar-refractivity contribution in [1.29, 1.82) is 0 Å². The van der Waals surface area contributed by atoms with Gasteiger partial charge in [0.1, 0.15) is 6.54 Å². The van der Waals surface area contributed by atoms with Crippen LogP contribution in [0.4, 0.5) is 0 Å². The number of hydrogen-bond donors (Lipinski definition) is 0. The number of ether oxygens (including phenoxy) is 1. The van der Waals surface area contributed by atoms with Crippen molar-refractivity contribution in [2.75, 3.05) is 26.7 Å². The van der Waals surface area contributed by atoms with Crippen molar-refractivity contribution in [2.45, 2.75) is 13.5 Å². The second-order valence-corrected chi connectivity index (χ2v) is 4.81. The van der Waals surface area contributed by atoms with E-state index in [9.17, 15) is 14.4 Å². The third-order valence-electron chi connectivity index (χ3n) is 3.52. The monoisotopic (exact) mass is 290 g/mol. The Labute approximate surface area is 123 Å². The molecule has 1 heterocycles. The Balaban J connectivity index is 2.17. The van der Waals surface area contributed by atoms with Crippen molar-refractivity contribution < 1.29 is 19.1 Å². The predicted octanol–water partition coefficient (Wildman–Crippen LogP) is 0.664. The lowest BCUT2D eigenvalue weighted by Gasteiger charge is -2.33. The van der Waals surface area contributed by atoms with Gasteiger partial charge in [-0.25, -0.2) is 4.79 Å². The highest BCUT2D eigenvalue weighted by Gasteiger charge is 2.29. The van der Waals surface area contributed by atoms with Crippen molar-refractivity contribution in [2.24, 2.45) is 0 Å². The molecule has 0 saturated carbocycles. The van der Waals surface area contributed by atoms with Crippen molar-refractivity contribution in [3.63, 3.8) is 0 Å². The fraction of sp³-hybridized carbons (Fsp3) is 0.400. The van der Waals surface area contributed by atoms with Crippen LogP contribution >= 0.6 is 0 Å². The molecule has 0 atom stereocenters. The first kappa shape index (κ1) is 15.0. The quantitative estimate of drug-likeness (QED) is 0.764. The highest BCUT2D eigenvalue weighted by atomic mass is 16.5. The highest BCUT2D eigenvalue weighted by molar-refractivity contribution is 5.93. The molecule has 1 aliphatic heterocycles. The van der Waals surface area contributed by atoms with E-state index < -0.39 is 5.97 Å². The van der Waals surface area contributed by atoms with E-state index >= 15 is 0 Å². The minimum Gasteiger partial charge on any atom is -0.465 e. The Morgan fingerprint density at radius 1 is 1.14 bits per heavy atom. The molecule has 1 saturated heterocycles. The number of rotatable bonds is 4. The predicted molar refractivity (Wildman–Crippen MR) is 75.5 cm³/mol. The van der Waals surface area contributed by atoms with Crippen molar-refractivity contribution in [3.8, 4) is 0 Å². The third-order valence-corrected chi connectivity index (χ3v) is 3.52. The molecule has 0 aromatic heterocycles. The first-order valence-electron chi connectivity index (χ1n) is 6.78. The van der Waals surface area contributed by atoms with Gasteiger partial charge in [-0.3, -0.25) is 9.59 Å². The van der Waals surface area contributed by atoms with E-state index in [-0.39, 0.29) is 31.4 Å². The van der Waals surface area contributed by atoms with Crippen LogP contribution < -0.4 is 0 Å². The number of likely N-dealkylation sites (N-methyl/N-ethyl adjacent to an activating group) is 1. The summed E-state index contributed by atoms with van der Waals surface area (Å²) >= 11 is 0. The molecule has 0 unspecified atom stereocenters. The van der Waals surface area contributed by atoms with Gasteiger partial charge in [0.05, 0.1) is 19.2 Å². The molecule has 6 nitrogen and oxygen atoms in total. The van der Waals surface area contributed by atoms with E-state index in [1.165, 1.54) is 16.9 Å². The molecule has 0 aliphatic carbocycles. The van der Waals surface area contributed by atoms with Crippen LogP contribution in [0.3, 0.4) is 0 Å². The number of carbonyl (C=O) groups is 3. The lowest BCUT2D eigenvalue weighted by molar-refractivity contribution is -0.150. The molecule has 2 amide bonds. The smallest absolute Gasteiger partial charge is 0.338 e. The number of piperazine rings is 1. The van der Waals surface area contributed by atoms with Crippen LogP contribution in [0.25, 0.3) is 0 Å². The summed E-state index contributed by atoms with van der Waals surface area (Å²) in [4.78, 5) is 38.7. The molecule has 1 aromatic rings. The van der Waals surface area contributed by atoms with Gasteiger partial charge >= 0.3 is 5.97 Å². The molecule has 1 fully saturated rings. The molecule has 112 valence electrons. The SMILES string of the molecule is CCN1CC(=O)N(Cc2ccccc2C(=O)OC)CC1=O. The molecular formula is C15H18N2O4. The standard InChI is InChI=1S/C15H18N2O4/c1-3-16-9-14(19)17(10-13(16)18)8-11-6-4-5-7-12(11)15(20)21-2/h4-7H,3,8-10H2,1-2H3. The molecule has 0 bridgehead atoms. The van der Waals surface area contributed by atoms with Crippen molar-refractivity contribution in [3.05, 3.63) is 35.4 Å². The van der Waals surface area contributed by atoms with E-state index in [2.05, 4.69) is 0 Å². The van der Waals surface area contributed by atoms with Gasteiger partial charge in [0, 0.05) is 13.1 Å². The summed E-state index contributed by atoms with van der Waals surface area (Å²) in [5, 5.41) is 0. The molecule has 1 aliphatic rings. The van der Waals surface area contributed by atoms with Crippen LogP contribution in [-0.2, 0) is 20.9 Å². The second kappa shape index (κ2) is 6.39. The number of methoxy groups -OCH3 is 1. The van der Waals surface area contributed by atoms with Gasteiger partial charge in [0.2, 0.25) is 11.8 Å². The molecule has 6 heteroatoms. The van der Waals surface area contributed by atoms with Crippen LogP contribution in [0, 0.1) is 0 Å². The zero-order valence-electron chi connectivity index (χ0n) is 12.2. The molecule has 21 heavy (non-hydrogen) atoms. The topological polar surface area (TPSA) is 66.9 Å². The minimum absolute atomic E-state index is 0.0438. The number of hydrogen-bond acceptors (Lipinski definition) is 4. The van der Waals surface area contributed by atoms with Crippen LogP contribution in [-0.4, -0.2) is 54.3 Å². The molecular weight excluding hydrogens is 272 g/mol. The van der Waals surface area contributed by atoms with E-state index in [1.807, 2.05) is 6.92 Å². The fourth-order valence-corrected chi connectivity index (χ4v) is 2.31. The maximum absolute atomic E-state index is 12.1. The lowest BCUT2D eigenvalue weighted by atomic mass is 10.1. The molecule has 0 radical (unpaired) electrons. The van der Waals surface area contributed by atoms with E-state index in [0.717, 1.165) is 0 Å². The maximum atomic E-state index is 12.1. The van der Waals surface area contributed by atoms with Crippen LogP contribution in [0.15, 0.2) is 24.3 Å². The van der Waals surface area contributed by atoms with Gasteiger partial charge in [-0.15, -0.1) is 0 Å². The number of benzene rings is 1. The Morgan fingerprint density at radius 3 is 2.43 bits per heavy atom.